The number of ether oxygens (including phenoxy) is 1. The van der Waals surface area contributed by atoms with Crippen molar-refractivity contribution >= 4 is 17.0 Å². The summed E-state index contributed by atoms with van der Waals surface area (Å²) in [7, 11) is -1.08. The highest BCUT2D eigenvalue weighted by atomic mass is 32.2. The van der Waals surface area contributed by atoms with Crippen LogP contribution < -0.4 is 4.72 Å². The highest BCUT2D eigenvalue weighted by molar-refractivity contribution is 7.84. The molecule has 20 heavy (non-hydrogen) atoms. The van der Waals surface area contributed by atoms with Gasteiger partial charge in [0.1, 0.15) is 0 Å². The number of esters is 1. The van der Waals surface area contributed by atoms with Crippen LogP contribution in [-0.4, -0.2) is 27.6 Å². The van der Waals surface area contributed by atoms with Gasteiger partial charge in [0.2, 0.25) is 0 Å². The van der Waals surface area contributed by atoms with Gasteiger partial charge in [-0.1, -0.05) is 12.8 Å². The van der Waals surface area contributed by atoms with Crippen molar-refractivity contribution in [3.63, 3.8) is 0 Å². The Hall–Kier alpha value is -0.420. The minimum atomic E-state index is -1.08. The normalized spacial score (nSPS) is 19.8. The van der Waals surface area contributed by atoms with Crippen molar-refractivity contribution in [2.75, 3.05) is 6.61 Å². The van der Waals surface area contributed by atoms with E-state index in [1.165, 1.54) is 25.7 Å². The van der Waals surface area contributed by atoms with Crippen LogP contribution in [0.25, 0.3) is 0 Å². The van der Waals surface area contributed by atoms with Gasteiger partial charge in [0.15, 0.2) is 0 Å². The molecular weight excluding hydrogens is 274 g/mol. The van der Waals surface area contributed by atoms with Crippen LogP contribution in [0.5, 0.6) is 0 Å². The number of hydrogen-bond donors (Lipinski definition) is 1. The summed E-state index contributed by atoms with van der Waals surface area (Å²) < 4.78 is 20.3. The Kier molecular flexibility index (Phi) is 7.17. The first kappa shape index (κ1) is 17.6. The predicted octanol–water partition coefficient (Wildman–Crippen LogP) is 2.94. The maximum atomic E-state index is 12.3. The molecule has 0 radical (unpaired) electrons. The van der Waals surface area contributed by atoms with E-state index in [9.17, 15) is 9.00 Å². The van der Waals surface area contributed by atoms with E-state index >= 15 is 0 Å². The maximum absolute atomic E-state index is 12.3. The summed E-state index contributed by atoms with van der Waals surface area (Å²) in [6, 6.07) is 0.155. The molecule has 0 aromatic rings. The van der Waals surface area contributed by atoms with Crippen molar-refractivity contribution in [1.82, 2.24) is 4.72 Å². The van der Waals surface area contributed by atoms with Crippen LogP contribution in [0.15, 0.2) is 0 Å². The Bertz CT molecular complexity index is 333. The largest absolute Gasteiger partial charge is 0.466 e. The van der Waals surface area contributed by atoms with Gasteiger partial charge in [0.25, 0.3) is 0 Å². The van der Waals surface area contributed by atoms with Crippen molar-refractivity contribution in [2.24, 2.45) is 5.92 Å². The molecule has 0 aromatic heterocycles. The number of carbonyl (C=O) groups excluding carboxylic acids is 1. The van der Waals surface area contributed by atoms with Crippen molar-refractivity contribution < 1.29 is 13.7 Å². The Morgan fingerprint density at radius 1 is 1.35 bits per heavy atom. The van der Waals surface area contributed by atoms with E-state index in [4.69, 9.17) is 4.74 Å². The van der Waals surface area contributed by atoms with Gasteiger partial charge in [-0.25, -0.2) is 8.93 Å². The van der Waals surface area contributed by atoms with Crippen LogP contribution in [0.4, 0.5) is 0 Å². The van der Waals surface area contributed by atoms with E-state index in [1.54, 1.807) is 0 Å². The average molecular weight is 303 g/mol. The zero-order chi connectivity index (χ0) is 15.2. The van der Waals surface area contributed by atoms with E-state index in [0.717, 1.165) is 0 Å². The summed E-state index contributed by atoms with van der Waals surface area (Å²) in [6.07, 6.45) is 5.94. The minimum absolute atomic E-state index is 0.154. The summed E-state index contributed by atoms with van der Waals surface area (Å²) in [4.78, 5) is 11.5. The highest BCUT2D eigenvalue weighted by Gasteiger charge is 2.30. The quantitative estimate of drug-likeness (QED) is 0.736. The van der Waals surface area contributed by atoms with Gasteiger partial charge in [-0.05, 0) is 52.9 Å². The second-order valence-electron chi connectivity index (χ2n) is 6.49. The van der Waals surface area contributed by atoms with Crippen LogP contribution >= 0.6 is 0 Å². The fourth-order valence-corrected chi connectivity index (χ4v) is 3.51. The summed E-state index contributed by atoms with van der Waals surface area (Å²) in [6.45, 7) is 8.14. The molecule has 0 spiro atoms. The predicted molar refractivity (Wildman–Crippen MR) is 82.6 cm³/mol. The third-order valence-electron chi connectivity index (χ3n) is 3.75. The van der Waals surface area contributed by atoms with Gasteiger partial charge >= 0.3 is 5.97 Å². The maximum Gasteiger partial charge on any atom is 0.305 e. The van der Waals surface area contributed by atoms with Crippen LogP contribution in [0, 0.1) is 5.92 Å². The number of rotatable bonds is 7. The average Bonchev–Trinajstić information content (AvgIpc) is 2.86. The van der Waals surface area contributed by atoms with E-state index in [0.29, 0.717) is 25.4 Å². The molecule has 1 fully saturated rings. The highest BCUT2D eigenvalue weighted by Crippen LogP contribution is 2.30. The third kappa shape index (κ3) is 5.92. The van der Waals surface area contributed by atoms with E-state index < -0.39 is 11.0 Å². The van der Waals surface area contributed by atoms with Gasteiger partial charge in [-0.2, -0.15) is 0 Å². The molecular formula is C15H29NO3S. The van der Waals surface area contributed by atoms with Crippen LogP contribution in [-0.2, 0) is 20.5 Å². The zero-order valence-corrected chi connectivity index (χ0v) is 14.1. The molecule has 0 bridgehead atoms. The van der Waals surface area contributed by atoms with Crippen LogP contribution in [0.3, 0.4) is 0 Å². The lowest BCUT2D eigenvalue weighted by atomic mass is 9.95. The van der Waals surface area contributed by atoms with E-state index in [-0.39, 0.29) is 16.8 Å². The molecule has 4 nitrogen and oxygen atoms in total. The summed E-state index contributed by atoms with van der Waals surface area (Å²) in [5, 5.41) is 0. The van der Waals surface area contributed by atoms with Crippen LogP contribution in [0.2, 0.25) is 0 Å². The summed E-state index contributed by atoms with van der Waals surface area (Å²) in [5.41, 5.74) is 0. The SMILES string of the molecule is CCOC(=O)CC[C@H](N[S@@](=O)C(C)(C)C)C1CCCC1. The topological polar surface area (TPSA) is 55.4 Å². The third-order valence-corrected chi connectivity index (χ3v) is 5.38. The van der Waals surface area contributed by atoms with E-state index in [1.807, 2.05) is 27.7 Å². The smallest absolute Gasteiger partial charge is 0.305 e. The van der Waals surface area contributed by atoms with Gasteiger partial charge in [-0.3, -0.25) is 4.79 Å². The zero-order valence-electron chi connectivity index (χ0n) is 13.2. The minimum Gasteiger partial charge on any atom is -0.466 e. The molecule has 2 atom stereocenters. The lowest BCUT2D eigenvalue weighted by Crippen LogP contribution is -2.43. The Morgan fingerprint density at radius 2 is 1.95 bits per heavy atom. The first-order valence-corrected chi connectivity index (χ1v) is 8.83. The molecule has 0 aliphatic heterocycles. The fourth-order valence-electron chi connectivity index (χ4n) is 2.57. The Morgan fingerprint density at radius 3 is 2.45 bits per heavy atom. The van der Waals surface area contributed by atoms with Crippen molar-refractivity contribution in [3.05, 3.63) is 0 Å². The molecule has 0 aromatic carbocycles. The van der Waals surface area contributed by atoms with Crippen molar-refractivity contribution in [3.8, 4) is 0 Å². The fraction of sp³-hybridized carbons (Fsp3) is 0.933. The number of carbonyl (C=O) groups is 1. The van der Waals surface area contributed by atoms with Crippen molar-refractivity contribution in [2.45, 2.75) is 77.0 Å². The molecule has 1 N–H and O–H groups in total. The lowest BCUT2D eigenvalue weighted by molar-refractivity contribution is -0.143. The molecule has 0 amide bonds. The Balaban J connectivity index is 2.56. The molecule has 1 saturated carbocycles. The monoisotopic (exact) mass is 303 g/mol. The first-order chi connectivity index (χ1) is 9.34. The molecule has 1 rings (SSSR count). The second kappa shape index (κ2) is 8.13. The molecule has 1 aliphatic rings. The van der Waals surface area contributed by atoms with Gasteiger partial charge in [0.05, 0.1) is 22.3 Å². The number of hydrogen-bond acceptors (Lipinski definition) is 3. The van der Waals surface area contributed by atoms with Gasteiger partial charge in [0, 0.05) is 12.5 Å². The lowest BCUT2D eigenvalue weighted by Gasteiger charge is -2.28. The molecule has 0 saturated heterocycles. The first-order valence-electron chi connectivity index (χ1n) is 7.68. The van der Waals surface area contributed by atoms with Crippen molar-refractivity contribution in [1.29, 1.82) is 0 Å². The second-order valence-corrected chi connectivity index (χ2v) is 8.49. The molecule has 1 aliphatic carbocycles. The summed E-state index contributed by atoms with van der Waals surface area (Å²) >= 11 is 0. The standard InChI is InChI=1S/C15H29NO3S/c1-5-19-14(17)11-10-13(12-8-6-7-9-12)16-20(18)15(2,3)4/h12-13,16H,5-11H2,1-4H3/t13-,20-/m0/s1. The van der Waals surface area contributed by atoms with Gasteiger partial charge in [-0.15, -0.1) is 0 Å². The van der Waals surface area contributed by atoms with Crippen LogP contribution in [0.1, 0.15) is 66.2 Å². The molecule has 0 heterocycles. The molecule has 0 unspecified atom stereocenters. The van der Waals surface area contributed by atoms with Gasteiger partial charge < -0.3 is 4.74 Å². The van der Waals surface area contributed by atoms with E-state index in [2.05, 4.69) is 4.72 Å². The molecule has 118 valence electrons. The number of nitrogens with one attached hydrogen (secondary N) is 1. The summed E-state index contributed by atoms with van der Waals surface area (Å²) in [5.74, 6) is 0.384. The Labute approximate surface area is 125 Å². The molecule has 5 heteroatoms.